The van der Waals surface area contributed by atoms with Gasteiger partial charge in [0.05, 0.1) is 24.3 Å². The second kappa shape index (κ2) is 30.1. The van der Waals surface area contributed by atoms with Crippen LogP contribution in [0.1, 0.15) is 178 Å². The number of hydrogen-bond donors (Lipinski definition) is 3. The van der Waals surface area contributed by atoms with Crippen LogP contribution in [0.15, 0.2) is 46.6 Å². The third kappa shape index (κ3) is 26.0. The number of carboxylic acid groups (broad SMARTS) is 1. The van der Waals surface area contributed by atoms with Crippen LogP contribution >= 0.6 is 0 Å². The van der Waals surface area contributed by atoms with E-state index in [4.69, 9.17) is 19.7 Å². The number of carboxylic acids is 1. The number of nitrogens with one attached hydrogen (secondary N) is 1. The number of nitrogens with two attached hydrogens (primary N) is 1. The number of carbonyl (C=O) groups is 4. The Morgan fingerprint density at radius 1 is 0.600 bits per heavy atom. The number of allylic oxidation sites excluding steroid dienone is 4. The standard InChI is InChI=1S/C27H51NO3Si.C20H38O3Si.C7H15NO/c1-14-19(4)25(31-32(12,13)27(9,10)11)22(7)20(5)15-16-21(6)26(30)28-24(23(8)29)17-18(2)3;1-11-14(2)18(23-24(9,10)20(6,7)8)17(5)15(3)12-13-16(4)19(21)22;1-5(2)4-7(8)6(3)9/h14,16,18,20,22,24-25H,15,17H2,1-13H3,(H,28,30);11,13,15,17-18H,12H2,1-10H3,(H,21,22);5,7H,4,8H2,1-3H3/b19-14+,21-16+;14-11+,16-13+;/t20-,22-,24?,25+;15-,17-,18+;7-/m001/s1. The number of rotatable bonds is 23. The van der Waals surface area contributed by atoms with Crippen LogP contribution in [0.5, 0.6) is 0 Å². The topological polar surface area (TPSA) is 145 Å². The van der Waals surface area contributed by atoms with Gasteiger partial charge in [0, 0.05) is 11.1 Å². The first-order valence-corrected chi connectivity index (χ1v) is 30.3. The fourth-order valence-corrected chi connectivity index (χ4v) is 9.00. The quantitative estimate of drug-likeness (QED) is 0.0522. The highest BCUT2D eigenvalue weighted by atomic mass is 28.4. The summed E-state index contributed by atoms with van der Waals surface area (Å²) < 4.78 is 13.6. The van der Waals surface area contributed by atoms with Crippen molar-refractivity contribution in [3.63, 3.8) is 0 Å². The number of amides is 1. The summed E-state index contributed by atoms with van der Waals surface area (Å²) in [6.07, 6.45) is 11.3. The van der Waals surface area contributed by atoms with Crippen LogP contribution in [-0.4, -0.2) is 69.5 Å². The molecule has 0 heterocycles. The molecule has 1 unspecified atom stereocenters. The van der Waals surface area contributed by atoms with E-state index in [2.05, 4.69) is 168 Å². The Balaban J connectivity index is -0.00000102. The molecule has 0 radical (unpaired) electrons. The van der Waals surface area contributed by atoms with Crippen molar-refractivity contribution in [2.75, 3.05) is 0 Å². The van der Waals surface area contributed by atoms with Gasteiger partial charge >= 0.3 is 5.97 Å². The van der Waals surface area contributed by atoms with Gasteiger partial charge in [0.1, 0.15) is 5.78 Å². The smallest absolute Gasteiger partial charge is 0.330 e. The molecule has 0 aliphatic rings. The lowest BCUT2D eigenvalue weighted by molar-refractivity contribution is -0.132. The van der Waals surface area contributed by atoms with Crippen LogP contribution in [0.2, 0.25) is 36.3 Å². The third-order valence-corrected chi connectivity index (χ3v) is 23.0. The third-order valence-electron chi connectivity index (χ3n) is 14.1. The van der Waals surface area contributed by atoms with Gasteiger partial charge in [0.25, 0.3) is 0 Å². The molecule has 0 rings (SSSR count). The van der Waals surface area contributed by atoms with Crippen molar-refractivity contribution in [3.05, 3.63) is 46.6 Å². The zero-order valence-electron chi connectivity index (χ0n) is 46.9. The Labute approximate surface area is 403 Å². The molecule has 380 valence electrons. The van der Waals surface area contributed by atoms with E-state index in [1.165, 1.54) is 18.1 Å². The summed E-state index contributed by atoms with van der Waals surface area (Å²) in [5.41, 5.74) is 9.08. The highest BCUT2D eigenvalue weighted by Gasteiger charge is 2.42. The van der Waals surface area contributed by atoms with Crippen molar-refractivity contribution in [1.29, 1.82) is 0 Å². The summed E-state index contributed by atoms with van der Waals surface area (Å²) in [5.74, 6) is 1.32. The minimum Gasteiger partial charge on any atom is -0.478 e. The van der Waals surface area contributed by atoms with Crippen LogP contribution in [0.4, 0.5) is 0 Å². The highest BCUT2D eigenvalue weighted by molar-refractivity contribution is 6.74. The molecular weight excluding hydrogens is 845 g/mol. The predicted octanol–water partition coefficient (Wildman–Crippen LogP) is 14.1. The van der Waals surface area contributed by atoms with E-state index in [0.717, 1.165) is 19.3 Å². The largest absolute Gasteiger partial charge is 0.478 e. The van der Waals surface area contributed by atoms with Crippen LogP contribution in [0.3, 0.4) is 0 Å². The van der Waals surface area contributed by atoms with Gasteiger partial charge < -0.3 is 25.0 Å². The average molecular weight is 950 g/mol. The predicted molar refractivity (Wildman–Crippen MR) is 284 cm³/mol. The lowest BCUT2D eigenvalue weighted by atomic mass is 9.85. The van der Waals surface area contributed by atoms with E-state index in [0.29, 0.717) is 53.1 Å². The normalized spacial score (nSPS) is 17.4. The molecule has 0 spiro atoms. The Kier molecular flexibility index (Phi) is 31.0. The van der Waals surface area contributed by atoms with Gasteiger partial charge in [0.15, 0.2) is 22.4 Å². The van der Waals surface area contributed by atoms with Gasteiger partial charge in [-0.3, -0.25) is 14.4 Å². The molecule has 1 amide bonds. The molecule has 0 aromatic rings. The molecule has 0 aromatic carbocycles. The summed E-state index contributed by atoms with van der Waals surface area (Å²) in [6, 6.07) is -0.660. The molecule has 0 aromatic heterocycles. The monoisotopic (exact) mass is 949 g/mol. The van der Waals surface area contributed by atoms with E-state index in [9.17, 15) is 19.2 Å². The molecule has 8 atom stereocenters. The Morgan fingerprint density at radius 3 is 1.18 bits per heavy atom. The minimum absolute atomic E-state index is 0.00860. The van der Waals surface area contributed by atoms with Gasteiger partial charge in [-0.05, 0) is 164 Å². The van der Waals surface area contributed by atoms with E-state index >= 15 is 0 Å². The van der Waals surface area contributed by atoms with Gasteiger partial charge in [0.2, 0.25) is 5.91 Å². The first-order valence-electron chi connectivity index (χ1n) is 24.5. The SMILES string of the molecule is C/C=C(\C)[C@@H](O[Si](C)(C)C(C)(C)C)[C@@H](C)[C@@H](C)C/C=C(\C)C(=O)NC(CC(C)C)C(C)=O.C/C=C(\C)[C@@H](O[Si](C)(C)C(C)(C)C)[C@@H](C)[C@@H](C)C/C=C(\C)C(=O)O.CC(=O)[C@H](N)CC(C)C. The first-order chi connectivity index (χ1) is 29.2. The lowest BCUT2D eigenvalue weighted by Crippen LogP contribution is -2.46. The molecule has 0 aliphatic carbocycles. The van der Waals surface area contributed by atoms with Crippen LogP contribution in [0, 0.1) is 35.5 Å². The Bertz CT molecular complexity index is 1590. The lowest BCUT2D eigenvalue weighted by Gasteiger charge is -2.42. The van der Waals surface area contributed by atoms with Gasteiger partial charge in [-0.2, -0.15) is 0 Å². The summed E-state index contributed by atoms with van der Waals surface area (Å²) in [4.78, 5) is 46.1. The molecule has 4 N–H and O–H groups in total. The number of aliphatic carboxylic acids is 1. The second-order valence-electron chi connectivity index (χ2n) is 23.0. The molecule has 65 heavy (non-hydrogen) atoms. The summed E-state index contributed by atoms with van der Waals surface area (Å²) in [6.45, 7) is 54.9. The molecule has 11 heteroatoms. The van der Waals surface area contributed by atoms with Crippen LogP contribution < -0.4 is 11.1 Å². The van der Waals surface area contributed by atoms with Crippen molar-refractivity contribution in [3.8, 4) is 0 Å². The maximum absolute atomic E-state index is 12.6. The second-order valence-corrected chi connectivity index (χ2v) is 32.5. The maximum Gasteiger partial charge on any atom is 0.330 e. The summed E-state index contributed by atoms with van der Waals surface area (Å²) >= 11 is 0. The van der Waals surface area contributed by atoms with Crippen molar-refractivity contribution >= 4 is 40.1 Å². The fourth-order valence-electron chi connectivity index (χ4n) is 6.22. The molecule has 0 saturated heterocycles. The minimum atomic E-state index is -1.91. The molecular formula is C54H104N2O7Si2. The number of hydrogen-bond acceptors (Lipinski definition) is 7. The maximum atomic E-state index is 12.6. The van der Waals surface area contributed by atoms with E-state index in [-0.39, 0.29) is 45.8 Å². The van der Waals surface area contributed by atoms with Gasteiger partial charge in [-0.25, -0.2) is 4.79 Å². The Hall–Kier alpha value is -2.45. The number of carbonyl (C=O) groups excluding carboxylic acids is 3. The molecule has 0 saturated carbocycles. The van der Waals surface area contributed by atoms with E-state index < -0.39 is 28.6 Å². The van der Waals surface area contributed by atoms with Crippen LogP contribution in [-0.2, 0) is 28.0 Å². The molecule has 9 nitrogen and oxygen atoms in total. The molecule has 0 fully saturated rings. The van der Waals surface area contributed by atoms with E-state index in [1.54, 1.807) is 13.8 Å². The van der Waals surface area contributed by atoms with E-state index in [1.807, 2.05) is 19.1 Å². The van der Waals surface area contributed by atoms with Crippen molar-refractivity contribution in [2.24, 2.45) is 41.2 Å². The van der Waals surface area contributed by atoms with Crippen molar-refractivity contribution in [2.45, 2.75) is 239 Å². The molecule has 0 bridgehead atoms. The number of Topliss-reactive ketones (excluding diaryl/α,β-unsaturated/α-hetero) is 2. The van der Waals surface area contributed by atoms with Crippen LogP contribution in [0.25, 0.3) is 0 Å². The average Bonchev–Trinajstić information content (AvgIpc) is 3.17. The summed E-state index contributed by atoms with van der Waals surface area (Å²) in [7, 11) is -3.78. The summed E-state index contributed by atoms with van der Waals surface area (Å²) in [5, 5.41) is 12.2. The fraction of sp³-hybridized carbons (Fsp3) is 0.778. The first kappa shape index (κ1) is 66.8. The molecule has 0 aliphatic heterocycles. The number of ketones is 2. The van der Waals surface area contributed by atoms with Crippen molar-refractivity contribution < 1.29 is 33.1 Å². The van der Waals surface area contributed by atoms with Crippen molar-refractivity contribution in [1.82, 2.24) is 5.32 Å². The zero-order chi connectivity index (χ0) is 52.2. The highest BCUT2D eigenvalue weighted by Crippen LogP contribution is 2.41. The Morgan fingerprint density at radius 2 is 0.938 bits per heavy atom. The van der Waals surface area contributed by atoms with Gasteiger partial charge in [-0.15, -0.1) is 0 Å². The van der Waals surface area contributed by atoms with Gasteiger partial charge in [-0.1, -0.05) is 121 Å². The zero-order valence-corrected chi connectivity index (χ0v) is 48.9.